The van der Waals surface area contributed by atoms with E-state index in [9.17, 15) is 9.90 Å². The van der Waals surface area contributed by atoms with Crippen molar-refractivity contribution in [1.82, 2.24) is 14.5 Å². The average Bonchev–Trinajstić information content (AvgIpc) is 3.15. The number of aromatic hydroxyl groups is 1. The first-order valence-electron chi connectivity index (χ1n) is 9.84. The third-order valence-corrected chi connectivity index (χ3v) is 8.06. The summed E-state index contributed by atoms with van der Waals surface area (Å²) in [6, 6.07) is 5.58. The molecular weight excluding hydrogens is 454 g/mol. The molecule has 156 valence electrons. The Morgan fingerprint density at radius 2 is 2.16 bits per heavy atom. The first kappa shape index (κ1) is 19.0. The Morgan fingerprint density at radius 1 is 1.32 bits per heavy atom. The minimum absolute atomic E-state index is 0.0180. The van der Waals surface area contributed by atoms with E-state index in [1.165, 1.54) is 28.2 Å². The Bertz CT molecular complexity index is 1530. The van der Waals surface area contributed by atoms with Crippen molar-refractivity contribution < 1.29 is 9.52 Å². The monoisotopic (exact) mass is 469 g/mol. The molecule has 0 aliphatic heterocycles. The maximum Gasteiger partial charge on any atom is 0.263 e. The minimum Gasteiger partial charge on any atom is -0.505 e. The molecular formula is C22H16ClN3O3S2. The summed E-state index contributed by atoms with van der Waals surface area (Å²) in [6.07, 6.45) is 5.29. The van der Waals surface area contributed by atoms with E-state index in [0.717, 1.165) is 17.7 Å². The number of rotatable bonds is 4. The van der Waals surface area contributed by atoms with Crippen molar-refractivity contribution in [2.75, 3.05) is 0 Å². The third kappa shape index (κ3) is 3.01. The molecule has 0 spiro atoms. The van der Waals surface area contributed by atoms with Crippen molar-refractivity contribution in [3.05, 3.63) is 62.4 Å². The number of hydrogen-bond acceptors (Lipinski definition) is 7. The molecule has 4 heterocycles. The highest BCUT2D eigenvalue weighted by Crippen LogP contribution is 2.48. The number of phenols is 1. The maximum absolute atomic E-state index is 13.8. The smallest absolute Gasteiger partial charge is 0.263 e. The van der Waals surface area contributed by atoms with Crippen molar-refractivity contribution in [1.29, 1.82) is 0 Å². The number of halogens is 1. The lowest BCUT2D eigenvalue weighted by Crippen LogP contribution is -2.23. The van der Waals surface area contributed by atoms with Crippen molar-refractivity contribution in [2.45, 2.75) is 32.2 Å². The Balaban J connectivity index is 1.69. The molecule has 1 aromatic carbocycles. The number of aryl methyl sites for hydroxylation is 1. The van der Waals surface area contributed by atoms with Crippen LogP contribution in [0.15, 0.2) is 40.0 Å². The number of oxazole rings is 1. The summed E-state index contributed by atoms with van der Waals surface area (Å²) in [5, 5.41) is 11.9. The number of phenolic OH excluding ortho intramolecular Hbond substituents is 1. The second kappa shape index (κ2) is 6.91. The molecule has 0 amide bonds. The van der Waals surface area contributed by atoms with Crippen LogP contribution in [0.25, 0.3) is 31.0 Å². The molecule has 0 saturated heterocycles. The minimum atomic E-state index is -0.169. The Morgan fingerprint density at radius 3 is 2.90 bits per heavy atom. The Hall–Kier alpha value is -2.68. The summed E-state index contributed by atoms with van der Waals surface area (Å²) in [4.78, 5) is 25.5. The molecule has 1 aliphatic carbocycles. The zero-order chi connectivity index (χ0) is 21.3. The second-order valence-corrected chi connectivity index (χ2v) is 10.4. The van der Waals surface area contributed by atoms with Crippen LogP contribution < -0.4 is 5.56 Å². The summed E-state index contributed by atoms with van der Waals surface area (Å²) < 4.78 is 7.68. The molecule has 1 N–H and O–H groups in total. The number of hydrogen-bond donors (Lipinski definition) is 1. The molecule has 5 aromatic rings. The van der Waals surface area contributed by atoms with Crippen molar-refractivity contribution in [2.24, 2.45) is 0 Å². The molecule has 9 heteroatoms. The van der Waals surface area contributed by atoms with E-state index in [1.54, 1.807) is 34.2 Å². The molecule has 1 aliphatic rings. The number of fused-ring (bicyclic) bond motifs is 3. The average molecular weight is 470 g/mol. The Labute approximate surface area is 189 Å². The highest BCUT2D eigenvalue weighted by Gasteiger charge is 2.30. The normalized spacial score (nSPS) is 14.1. The van der Waals surface area contributed by atoms with Crippen LogP contribution in [0.1, 0.15) is 35.0 Å². The van der Waals surface area contributed by atoms with E-state index < -0.39 is 0 Å². The number of aromatic nitrogens is 3. The topological polar surface area (TPSA) is 81.2 Å². The highest BCUT2D eigenvalue weighted by molar-refractivity contribution is 7.25. The summed E-state index contributed by atoms with van der Waals surface area (Å²) in [5.41, 5.74) is 1.09. The molecule has 0 bridgehead atoms. The van der Waals surface area contributed by atoms with Gasteiger partial charge < -0.3 is 9.52 Å². The van der Waals surface area contributed by atoms with Crippen LogP contribution >= 0.6 is 34.3 Å². The molecule has 31 heavy (non-hydrogen) atoms. The van der Waals surface area contributed by atoms with Crippen LogP contribution in [0.5, 0.6) is 5.75 Å². The van der Waals surface area contributed by atoms with Gasteiger partial charge in [0.05, 0.1) is 32.7 Å². The second-order valence-electron chi connectivity index (χ2n) is 7.77. The summed E-state index contributed by atoms with van der Waals surface area (Å²) in [5.74, 6) is 1.72. The Kier molecular flexibility index (Phi) is 4.25. The molecule has 0 radical (unpaired) electrons. The van der Waals surface area contributed by atoms with Gasteiger partial charge in [0.15, 0.2) is 18.0 Å². The van der Waals surface area contributed by atoms with E-state index in [4.69, 9.17) is 21.0 Å². The predicted molar refractivity (Wildman–Crippen MR) is 124 cm³/mol. The molecule has 4 aromatic heterocycles. The van der Waals surface area contributed by atoms with Crippen LogP contribution in [0.4, 0.5) is 0 Å². The van der Waals surface area contributed by atoms with Gasteiger partial charge in [-0.15, -0.1) is 22.7 Å². The lowest BCUT2D eigenvalue weighted by Gasteiger charge is -2.11. The fraction of sp³-hybridized carbons (Fsp3) is 0.227. The number of nitrogens with zero attached hydrogens (tertiary/aromatic N) is 3. The van der Waals surface area contributed by atoms with Gasteiger partial charge in [-0.05, 0) is 43.4 Å². The standard InChI is InChI=1S/C22H16ClN3O3S2/c1-10-6-14(11-2-3-11)19(30-10)20-25-21-16(13-4-5-15(23)17(27)18(13)31-21)22(28)26(20)8-12-7-24-9-29-12/h4-7,9,11,27H,2-3,8H2,1H3. The maximum atomic E-state index is 13.8. The largest absolute Gasteiger partial charge is 0.505 e. The highest BCUT2D eigenvalue weighted by atomic mass is 35.5. The summed E-state index contributed by atoms with van der Waals surface area (Å²) in [6.45, 7) is 2.31. The van der Waals surface area contributed by atoms with Gasteiger partial charge in [-0.1, -0.05) is 17.7 Å². The third-order valence-electron chi connectivity index (χ3n) is 5.59. The predicted octanol–water partition coefficient (Wildman–Crippen LogP) is 5.92. The fourth-order valence-corrected chi connectivity index (χ4v) is 6.41. The van der Waals surface area contributed by atoms with Gasteiger partial charge in [-0.3, -0.25) is 9.36 Å². The van der Waals surface area contributed by atoms with Crippen LogP contribution in [0.3, 0.4) is 0 Å². The van der Waals surface area contributed by atoms with Crippen LogP contribution in [-0.2, 0) is 6.54 Å². The lowest BCUT2D eigenvalue weighted by atomic mass is 10.1. The van der Waals surface area contributed by atoms with Crippen molar-refractivity contribution in [3.63, 3.8) is 0 Å². The van der Waals surface area contributed by atoms with E-state index in [-0.39, 0.29) is 22.9 Å². The lowest BCUT2D eigenvalue weighted by molar-refractivity contribution is 0.482. The van der Waals surface area contributed by atoms with E-state index >= 15 is 0 Å². The van der Waals surface area contributed by atoms with Gasteiger partial charge in [0.25, 0.3) is 5.56 Å². The SMILES string of the molecule is Cc1cc(C2CC2)c(-c2nc3sc4c(O)c(Cl)ccc4c3c(=O)n2Cc2cnco2)s1. The van der Waals surface area contributed by atoms with Gasteiger partial charge in [0, 0.05) is 10.3 Å². The van der Waals surface area contributed by atoms with Crippen LogP contribution in [0.2, 0.25) is 5.02 Å². The quantitative estimate of drug-likeness (QED) is 0.353. The van der Waals surface area contributed by atoms with Gasteiger partial charge in [-0.25, -0.2) is 9.97 Å². The molecule has 0 unspecified atom stereocenters. The number of benzene rings is 1. The fourth-order valence-electron chi connectivity index (χ4n) is 3.99. The summed E-state index contributed by atoms with van der Waals surface area (Å²) >= 11 is 9.06. The van der Waals surface area contributed by atoms with E-state index in [2.05, 4.69) is 18.0 Å². The van der Waals surface area contributed by atoms with Gasteiger partial charge >= 0.3 is 0 Å². The molecule has 1 fully saturated rings. The van der Waals surface area contributed by atoms with Crippen molar-refractivity contribution >= 4 is 54.6 Å². The van der Waals surface area contributed by atoms with Gasteiger partial charge in [0.2, 0.25) is 0 Å². The van der Waals surface area contributed by atoms with Crippen molar-refractivity contribution in [3.8, 4) is 16.5 Å². The zero-order valence-corrected chi connectivity index (χ0v) is 18.8. The van der Waals surface area contributed by atoms with Gasteiger partial charge in [0.1, 0.15) is 10.6 Å². The first-order valence-corrected chi connectivity index (χ1v) is 11.8. The van der Waals surface area contributed by atoms with Crippen LogP contribution in [0, 0.1) is 6.92 Å². The number of thiophene rings is 2. The molecule has 6 nitrogen and oxygen atoms in total. The first-order chi connectivity index (χ1) is 15.0. The van der Waals surface area contributed by atoms with E-state index in [1.807, 2.05) is 0 Å². The molecule has 0 atom stereocenters. The molecule has 6 rings (SSSR count). The molecule has 1 saturated carbocycles. The van der Waals surface area contributed by atoms with E-state index in [0.29, 0.717) is 37.8 Å². The van der Waals surface area contributed by atoms with Crippen LogP contribution in [-0.4, -0.2) is 19.6 Å². The summed E-state index contributed by atoms with van der Waals surface area (Å²) in [7, 11) is 0. The van der Waals surface area contributed by atoms with Gasteiger partial charge in [-0.2, -0.15) is 0 Å². The zero-order valence-electron chi connectivity index (χ0n) is 16.4.